The Bertz CT molecular complexity index is 315. The number of fused-ring (bicyclic) bond motifs is 1. The fourth-order valence-electron chi connectivity index (χ4n) is 2.07. The van der Waals surface area contributed by atoms with Gasteiger partial charge in [0.1, 0.15) is 0 Å². The Morgan fingerprint density at radius 3 is 2.85 bits per heavy atom. The van der Waals surface area contributed by atoms with Gasteiger partial charge in [0, 0.05) is 18.2 Å². The molecule has 1 aliphatic heterocycles. The van der Waals surface area contributed by atoms with Gasteiger partial charge in [-0.2, -0.15) is 0 Å². The lowest BCUT2D eigenvalue weighted by molar-refractivity contribution is 0.533. The van der Waals surface area contributed by atoms with Crippen LogP contribution in [-0.4, -0.2) is 6.54 Å². The normalized spacial score (nSPS) is 20.2. The molecule has 0 saturated heterocycles. The molecule has 1 N–H and O–H groups in total. The van der Waals surface area contributed by atoms with Crippen molar-refractivity contribution in [2.75, 3.05) is 11.9 Å². The summed E-state index contributed by atoms with van der Waals surface area (Å²) >= 11 is 0. The molecule has 1 nitrogen and oxygen atoms in total. The fraction of sp³-hybridized carbons (Fsp3) is 0.500. The molecule has 1 heterocycles. The monoisotopic (exact) mass is 175 g/mol. The maximum Gasteiger partial charge on any atom is 0.0379 e. The second kappa shape index (κ2) is 3.06. The molecule has 1 heteroatoms. The topological polar surface area (TPSA) is 12.0 Å². The molecule has 1 unspecified atom stereocenters. The summed E-state index contributed by atoms with van der Waals surface area (Å²) in [7, 11) is 0. The third-order valence-corrected chi connectivity index (χ3v) is 2.93. The molecule has 0 aliphatic carbocycles. The van der Waals surface area contributed by atoms with Crippen molar-refractivity contribution in [1.82, 2.24) is 0 Å². The van der Waals surface area contributed by atoms with Gasteiger partial charge < -0.3 is 5.32 Å². The van der Waals surface area contributed by atoms with E-state index in [0.29, 0.717) is 5.92 Å². The first-order valence-corrected chi connectivity index (χ1v) is 5.03. The summed E-state index contributed by atoms with van der Waals surface area (Å²) in [4.78, 5) is 0. The van der Waals surface area contributed by atoms with Crippen LogP contribution in [-0.2, 0) is 0 Å². The van der Waals surface area contributed by atoms with Gasteiger partial charge in [-0.25, -0.2) is 0 Å². The minimum absolute atomic E-state index is 0.704. The highest BCUT2D eigenvalue weighted by molar-refractivity contribution is 5.59. The predicted octanol–water partition coefficient (Wildman–Crippen LogP) is 3.16. The summed E-state index contributed by atoms with van der Waals surface area (Å²) < 4.78 is 0. The molecule has 0 radical (unpaired) electrons. The molecule has 0 amide bonds. The van der Waals surface area contributed by atoms with Gasteiger partial charge >= 0.3 is 0 Å². The highest BCUT2D eigenvalue weighted by Crippen LogP contribution is 2.36. The van der Waals surface area contributed by atoms with Crippen molar-refractivity contribution in [1.29, 1.82) is 0 Å². The lowest BCUT2D eigenvalue weighted by Gasteiger charge is -2.13. The number of benzene rings is 1. The molecule has 1 aromatic carbocycles. The van der Waals surface area contributed by atoms with Gasteiger partial charge in [0.15, 0.2) is 0 Å². The van der Waals surface area contributed by atoms with Gasteiger partial charge in [-0.3, -0.25) is 0 Å². The molecule has 0 aromatic heterocycles. The van der Waals surface area contributed by atoms with E-state index in [4.69, 9.17) is 0 Å². The van der Waals surface area contributed by atoms with E-state index in [0.717, 1.165) is 12.5 Å². The third-order valence-electron chi connectivity index (χ3n) is 2.93. The van der Waals surface area contributed by atoms with Crippen molar-refractivity contribution >= 4 is 5.69 Å². The Morgan fingerprint density at radius 1 is 1.38 bits per heavy atom. The summed E-state index contributed by atoms with van der Waals surface area (Å²) in [6, 6.07) is 6.73. The van der Waals surface area contributed by atoms with Crippen LogP contribution in [0.2, 0.25) is 0 Å². The summed E-state index contributed by atoms with van der Waals surface area (Å²) in [5.41, 5.74) is 4.19. The van der Waals surface area contributed by atoms with E-state index >= 15 is 0 Å². The van der Waals surface area contributed by atoms with Crippen LogP contribution in [0, 0.1) is 12.8 Å². The molecule has 2 rings (SSSR count). The predicted molar refractivity (Wildman–Crippen MR) is 57.2 cm³/mol. The summed E-state index contributed by atoms with van der Waals surface area (Å²) in [6.07, 6.45) is 0. The average molecular weight is 175 g/mol. The van der Waals surface area contributed by atoms with Crippen LogP contribution < -0.4 is 5.32 Å². The van der Waals surface area contributed by atoms with Crippen molar-refractivity contribution in [2.45, 2.75) is 26.7 Å². The van der Waals surface area contributed by atoms with Crippen molar-refractivity contribution in [3.8, 4) is 0 Å². The lowest BCUT2D eigenvalue weighted by Crippen LogP contribution is -2.08. The summed E-state index contributed by atoms with van der Waals surface area (Å²) in [5, 5.41) is 3.47. The zero-order valence-electron chi connectivity index (χ0n) is 8.59. The van der Waals surface area contributed by atoms with Crippen LogP contribution in [0.25, 0.3) is 0 Å². The van der Waals surface area contributed by atoms with Crippen molar-refractivity contribution in [3.05, 3.63) is 29.3 Å². The molecule has 0 bridgehead atoms. The minimum Gasteiger partial charge on any atom is -0.384 e. The minimum atomic E-state index is 0.704. The largest absolute Gasteiger partial charge is 0.384 e. The van der Waals surface area contributed by atoms with Crippen LogP contribution in [0.5, 0.6) is 0 Å². The number of nitrogens with one attached hydrogen (secondary N) is 1. The second-order valence-electron chi connectivity index (χ2n) is 4.32. The van der Waals surface area contributed by atoms with E-state index in [2.05, 4.69) is 44.3 Å². The Labute approximate surface area is 80.2 Å². The zero-order valence-corrected chi connectivity index (χ0v) is 8.59. The van der Waals surface area contributed by atoms with E-state index in [1.807, 2.05) is 0 Å². The third kappa shape index (κ3) is 1.43. The standard InChI is InChI=1S/C12H17N/c1-8(2)11-7-13-12-6-9(3)4-5-10(11)12/h4-6,8,11,13H,7H2,1-3H3. The van der Waals surface area contributed by atoms with Gasteiger partial charge in [-0.15, -0.1) is 0 Å². The smallest absolute Gasteiger partial charge is 0.0379 e. The number of rotatable bonds is 1. The molecule has 1 aliphatic rings. The first-order valence-electron chi connectivity index (χ1n) is 5.03. The number of anilines is 1. The maximum absolute atomic E-state index is 3.47. The van der Waals surface area contributed by atoms with E-state index in [1.165, 1.54) is 16.8 Å². The van der Waals surface area contributed by atoms with Gasteiger partial charge in [-0.05, 0) is 30.0 Å². The number of hydrogen-bond donors (Lipinski definition) is 1. The quantitative estimate of drug-likeness (QED) is 0.691. The van der Waals surface area contributed by atoms with Crippen LogP contribution in [0.4, 0.5) is 5.69 Å². The second-order valence-corrected chi connectivity index (χ2v) is 4.32. The van der Waals surface area contributed by atoms with Gasteiger partial charge in [0.05, 0.1) is 0 Å². The van der Waals surface area contributed by atoms with Crippen LogP contribution in [0.1, 0.15) is 30.9 Å². The molecule has 1 aromatic rings. The fourth-order valence-corrected chi connectivity index (χ4v) is 2.07. The Kier molecular flexibility index (Phi) is 2.03. The van der Waals surface area contributed by atoms with E-state index in [1.54, 1.807) is 0 Å². The maximum atomic E-state index is 3.47. The molecule has 1 atom stereocenters. The van der Waals surface area contributed by atoms with Gasteiger partial charge in [-0.1, -0.05) is 26.0 Å². The van der Waals surface area contributed by atoms with Crippen molar-refractivity contribution < 1.29 is 0 Å². The van der Waals surface area contributed by atoms with E-state index < -0.39 is 0 Å². The summed E-state index contributed by atoms with van der Waals surface area (Å²) in [5.74, 6) is 1.44. The number of hydrogen-bond acceptors (Lipinski definition) is 1. The average Bonchev–Trinajstić information content (AvgIpc) is 2.46. The Balaban J connectivity index is 2.38. The molecule has 70 valence electrons. The highest BCUT2D eigenvalue weighted by Gasteiger charge is 2.24. The molecule has 0 spiro atoms. The molecule has 0 saturated carbocycles. The lowest BCUT2D eigenvalue weighted by atomic mass is 9.90. The van der Waals surface area contributed by atoms with Gasteiger partial charge in [0.2, 0.25) is 0 Å². The first-order chi connectivity index (χ1) is 6.18. The molecule has 13 heavy (non-hydrogen) atoms. The van der Waals surface area contributed by atoms with Crippen LogP contribution in [0.15, 0.2) is 18.2 Å². The molecular weight excluding hydrogens is 158 g/mol. The summed E-state index contributed by atoms with van der Waals surface area (Å²) in [6.45, 7) is 7.84. The van der Waals surface area contributed by atoms with Crippen LogP contribution >= 0.6 is 0 Å². The van der Waals surface area contributed by atoms with Crippen molar-refractivity contribution in [3.63, 3.8) is 0 Å². The SMILES string of the molecule is Cc1ccc2c(c1)NCC2C(C)C. The van der Waals surface area contributed by atoms with Crippen LogP contribution in [0.3, 0.4) is 0 Å². The van der Waals surface area contributed by atoms with E-state index in [9.17, 15) is 0 Å². The van der Waals surface area contributed by atoms with Crippen molar-refractivity contribution in [2.24, 2.45) is 5.92 Å². The zero-order chi connectivity index (χ0) is 9.42. The first kappa shape index (κ1) is 8.61. The molecule has 0 fully saturated rings. The molecular formula is C12H17N. The Hall–Kier alpha value is -0.980. The number of aryl methyl sites for hydroxylation is 1. The Morgan fingerprint density at radius 2 is 2.15 bits per heavy atom. The van der Waals surface area contributed by atoms with E-state index in [-0.39, 0.29) is 0 Å². The van der Waals surface area contributed by atoms with Gasteiger partial charge in [0.25, 0.3) is 0 Å². The highest BCUT2D eigenvalue weighted by atomic mass is 14.9.